The molecule has 0 aliphatic heterocycles. The lowest BCUT2D eigenvalue weighted by atomic mass is 10.1. The Kier molecular flexibility index (Phi) is 10.6. The summed E-state index contributed by atoms with van der Waals surface area (Å²) < 4.78 is 31.5. The van der Waals surface area contributed by atoms with E-state index in [9.17, 15) is 18.0 Å². The number of sulfonamides is 1. The highest BCUT2D eigenvalue weighted by Crippen LogP contribution is 2.23. The van der Waals surface area contributed by atoms with Crippen LogP contribution in [0.4, 0.5) is 5.69 Å². The third-order valence-electron chi connectivity index (χ3n) is 5.86. The highest BCUT2D eigenvalue weighted by Gasteiger charge is 2.31. The van der Waals surface area contributed by atoms with E-state index in [2.05, 4.69) is 5.32 Å². The van der Waals surface area contributed by atoms with Crippen LogP contribution in [-0.4, -0.2) is 57.6 Å². The van der Waals surface area contributed by atoms with Crippen molar-refractivity contribution < 1.29 is 22.7 Å². The van der Waals surface area contributed by atoms with Gasteiger partial charge < -0.3 is 15.0 Å². The second-order valence-corrected chi connectivity index (χ2v) is 10.4. The predicted octanol–water partition coefficient (Wildman–Crippen LogP) is 3.49. The summed E-state index contributed by atoms with van der Waals surface area (Å²) in [6.45, 7) is 6.14. The quantitative estimate of drug-likeness (QED) is 0.422. The van der Waals surface area contributed by atoms with Gasteiger partial charge in [-0.2, -0.15) is 0 Å². The molecule has 0 saturated heterocycles. The van der Waals surface area contributed by atoms with Gasteiger partial charge in [0.1, 0.15) is 18.3 Å². The number of hydrogen-bond donors (Lipinski definition) is 1. The van der Waals surface area contributed by atoms with Crippen molar-refractivity contribution in [3.8, 4) is 5.75 Å². The molecular formula is C26H37N3O5S. The summed E-state index contributed by atoms with van der Waals surface area (Å²) in [5, 5.41) is 2.92. The van der Waals surface area contributed by atoms with E-state index in [4.69, 9.17) is 4.74 Å². The molecule has 35 heavy (non-hydrogen) atoms. The Morgan fingerprint density at radius 3 is 2.26 bits per heavy atom. The Hall–Kier alpha value is -3.07. The maximum Gasteiger partial charge on any atom is 0.244 e. The van der Waals surface area contributed by atoms with E-state index in [-0.39, 0.29) is 12.5 Å². The number of hydrogen-bond acceptors (Lipinski definition) is 5. The van der Waals surface area contributed by atoms with Crippen LogP contribution in [0.1, 0.15) is 44.2 Å². The molecule has 0 aliphatic carbocycles. The van der Waals surface area contributed by atoms with Crippen LogP contribution in [0.15, 0.2) is 48.5 Å². The van der Waals surface area contributed by atoms with Crippen molar-refractivity contribution in [2.24, 2.45) is 0 Å². The number of anilines is 1. The zero-order valence-electron chi connectivity index (χ0n) is 21.3. The van der Waals surface area contributed by atoms with Crippen LogP contribution in [0.25, 0.3) is 0 Å². The number of nitrogens with zero attached hydrogens (tertiary/aromatic N) is 2. The average Bonchev–Trinajstić information content (AvgIpc) is 2.83. The number of ether oxygens (including phenoxy) is 1. The molecule has 1 atom stereocenters. The molecule has 0 aromatic heterocycles. The molecule has 0 bridgehead atoms. The highest BCUT2D eigenvalue weighted by molar-refractivity contribution is 7.92. The zero-order valence-corrected chi connectivity index (χ0v) is 22.1. The summed E-state index contributed by atoms with van der Waals surface area (Å²) in [7, 11) is -2.25. The number of unbranched alkanes of at least 4 members (excludes halogenated alkanes) is 1. The molecule has 0 spiro atoms. The van der Waals surface area contributed by atoms with Crippen molar-refractivity contribution >= 4 is 27.5 Å². The summed E-state index contributed by atoms with van der Waals surface area (Å²) in [6.07, 6.45) is 3.24. The third kappa shape index (κ3) is 7.99. The predicted molar refractivity (Wildman–Crippen MR) is 139 cm³/mol. The van der Waals surface area contributed by atoms with Crippen LogP contribution in [-0.2, 0) is 26.2 Å². The molecule has 2 rings (SSSR count). The molecule has 0 fully saturated rings. The van der Waals surface area contributed by atoms with Gasteiger partial charge in [-0.3, -0.25) is 13.9 Å². The molecule has 0 saturated carbocycles. The van der Waals surface area contributed by atoms with Gasteiger partial charge in [0.05, 0.1) is 19.1 Å². The second kappa shape index (κ2) is 13.1. The number of carbonyl (C=O) groups is 2. The fourth-order valence-electron chi connectivity index (χ4n) is 3.76. The molecule has 0 heterocycles. The van der Waals surface area contributed by atoms with Gasteiger partial charge in [0, 0.05) is 13.1 Å². The van der Waals surface area contributed by atoms with Gasteiger partial charge >= 0.3 is 0 Å². The highest BCUT2D eigenvalue weighted by atomic mass is 32.2. The van der Waals surface area contributed by atoms with Gasteiger partial charge in [0.2, 0.25) is 21.8 Å². The van der Waals surface area contributed by atoms with E-state index in [0.717, 1.165) is 34.5 Å². The molecule has 9 heteroatoms. The van der Waals surface area contributed by atoms with E-state index in [0.29, 0.717) is 24.4 Å². The smallest absolute Gasteiger partial charge is 0.244 e. The molecule has 0 radical (unpaired) electrons. The van der Waals surface area contributed by atoms with Gasteiger partial charge in [-0.15, -0.1) is 0 Å². The lowest BCUT2D eigenvalue weighted by Crippen LogP contribution is -2.52. The minimum atomic E-state index is -3.77. The zero-order chi connectivity index (χ0) is 26.0. The molecular weight excluding hydrogens is 466 g/mol. The SMILES string of the molecule is CCCCNC(=O)C(CC)N(Cc1ccccc1C)C(=O)CN(c1ccc(OC)cc1)S(C)(=O)=O. The molecule has 8 nitrogen and oxygen atoms in total. The largest absolute Gasteiger partial charge is 0.497 e. The fourth-order valence-corrected chi connectivity index (χ4v) is 4.61. The summed E-state index contributed by atoms with van der Waals surface area (Å²) in [5.41, 5.74) is 2.23. The van der Waals surface area contributed by atoms with Crippen molar-refractivity contribution in [3.05, 3.63) is 59.7 Å². The molecule has 0 aliphatic rings. The van der Waals surface area contributed by atoms with E-state index in [1.54, 1.807) is 24.3 Å². The Morgan fingerprint density at radius 1 is 1.06 bits per heavy atom. The maximum atomic E-state index is 13.7. The van der Waals surface area contributed by atoms with E-state index in [1.807, 2.05) is 45.0 Å². The lowest BCUT2D eigenvalue weighted by molar-refractivity contribution is -0.140. The van der Waals surface area contributed by atoms with Crippen molar-refractivity contribution in [1.29, 1.82) is 0 Å². The van der Waals surface area contributed by atoms with E-state index in [1.165, 1.54) is 12.0 Å². The van der Waals surface area contributed by atoms with Crippen LogP contribution in [0.3, 0.4) is 0 Å². The molecule has 1 N–H and O–H groups in total. The van der Waals surface area contributed by atoms with Crippen molar-refractivity contribution in [2.45, 2.75) is 52.6 Å². The first-order chi connectivity index (χ1) is 16.6. The van der Waals surface area contributed by atoms with Crippen LogP contribution in [0.5, 0.6) is 5.75 Å². The third-order valence-corrected chi connectivity index (χ3v) is 7.00. The Balaban J connectivity index is 2.40. The minimum absolute atomic E-state index is 0.200. The number of benzene rings is 2. The number of carbonyl (C=O) groups excluding carboxylic acids is 2. The van der Waals surface area contributed by atoms with Gasteiger partial charge in [-0.1, -0.05) is 44.5 Å². The summed E-state index contributed by atoms with van der Waals surface area (Å²) in [4.78, 5) is 28.2. The summed E-state index contributed by atoms with van der Waals surface area (Å²) in [6, 6.07) is 13.4. The first-order valence-electron chi connectivity index (χ1n) is 11.9. The lowest BCUT2D eigenvalue weighted by Gasteiger charge is -2.33. The van der Waals surface area contributed by atoms with Gasteiger partial charge in [0.25, 0.3) is 0 Å². The van der Waals surface area contributed by atoms with E-state index >= 15 is 0 Å². The van der Waals surface area contributed by atoms with Crippen LogP contribution in [0.2, 0.25) is 0 Å². The standard InChI is InChI=1S/C26H37N3O5S/c1-6-8-17-27-26(31)24(7-2)28(18-21-12-10-9-11-20(21)3)25(30)19-29(35(5,32)33)22-13-15-23(34-4)16-14-22/h9-16,24H,6-8,17-19H2,1-5H3,(H,27,31). The molecule has 1 unspecified atom stereocenters. The van der Waals surface area contributed by atoms with Crippen molar-refractivity contribution in [2.75, 3.05) is 30.8 Å². The van der Waals surface area contributed by atoms with Crippen LogP contribution >= 0.6 is 0 Å². The van der Waals surface area contributed by atoms with Crippen LogP contribution in [0, 0.1) is 6.92 Å². The molecule has 2 aromatic rings. The molecule has 192 valence electrons. The number of aryl methyl sites for hydroxylation is 1. The average molecular weight is 504 g/mol. The summed E-state index contributed by atoms with van der Waals surface area (Å²) >= 11 is 0. The number of nitrogens with one attached hydrogen (secondary N) is 1. The van der Waals surface area contributed by atoms with Gasteiger partial charge in [-0.25, -0.2) is 8.42 Å². The topological polar surface area (TPSA) is 96.0 Å². The summed E-state index contributed by atoms with van der Waals surface area (Å²) in [5.74, 6) is -0.116. The monoisotopic (exact) mass is 503 g/mol. The van der Waals surface area contributed by atoms with E-state index < -0.39 is 28.5 Å². The van der Waals surface area contributed by atoms with Crippen LogP contribution < -0.4 is 14.4 Å². The normalized spacial score (nSPS) is 12.0. The Morgan fingerprint density at radius 2 is 1.71 bits per heavy atom. The first kappa shape index (κ1) is 28.2. The Labute approximate surface area is 209 Å². The molecule has 2 aromatic carbocycles. The fraction of sp³-hybridized carbons (Fsp3) is 0.462. The second-order valence-electron chi connectivity index (χ2n) is 8.48. The minimum Gasteiger partial charge on any atom is -0.497 e. The Bertz CT molecular complexity index is 1090. The van der Waals surface area contributed by atoms with Gasteiger partial charge in [0.15, 0.2) is 0 Å². The molecule has 2 amide bonds. The number of amides is 2. The first-order valence-corrected chi connectivity index (χ1v) is 13.7. The van der Waals surface area contributed by atoms with Gasteiger partial charge in [-0.05, 0) is 55.2 Å². The maximum absolute atomic E-state index is 13.7. The van der Waals surface area contributed by atoms with Crippen molar-refractivity contribution in [3.63, 3.8) is 0 Å². The van der Waals surface area contributed by atoms with Crippen molar-refractivity contribution in [1.82, 2.24) is 10.2 Å². The number of methoxy groups -OCH3 is 1. The number of rotatable bonds is 13.